The summed E-state index contributed by atoms with van der Waals surface area (Å²) in [5.74, 6) is -11.0. The van der Waals surface area contributed by atoms with E-state index in [9.17, 15) is 40.5 Å². The lowest BCUT2D eigenvalue weighted by molar-refractivity contribution is -0.384. The van der Waals surface area contributed by atoms with Crippen LogP contribution in [0.25, 0.3) is 0 Å². The second-order valence-corrected chi connectivity index (χ2v) is 8.24. The first-order valence-electron chi connectivity index (χ1n) is 8.72. The van der Waals surface area contributed by atoms with Crippen LogP contribution >= 0.6 is 0 Å². The quantitative estimate of drug-likeness (QED) is 0.170. The van der Waals surface area contributed by atoms with Gasteiger partial charge < -0.3 is 4.74 Å². The molecule has 172 valence electrons. The summed E-state index contributed by atoms with van der Waals surface area (Å²) in [6.45, 7) is 0.436. The van der Waals surface area contributed by atoms with Gasteiger partial charge in [0.15, 0.2) is 23.3 Å². The van der Waals surface area contributed by atoms with Crippen molar-refractivity contribution in [1.82, 2.24) is 4.31 Å². The van der Waals surface area contributed by atoms with Crippen molar-refractivity contribution in [2.45, 2.75) is 4.90 Å². The van der Waals surface area contributed by atoms with Crippen molar-refractivity contribution in [2.75, 3.05) is 31.7 Å². The number of anilines is 1. The SMILES string of the molecule is O=[N+]([O-])c1cc(S(=O)(=O)N2CCOCC2)ccc1N/N=C/c1c(F)c(F)c(F)c(F)c1F. The van der Waals surface area contributed by atoms with E-state index in [2.05, 4.69) is 5.10 Å². The minimum absolute atomic E-state index is 0.0579. The van der Waals surface area contributed by atoms with Crippen LogP contribution in [0.3, 0.4) is 0 Å². The Morgan fingerprint density at radius 2 is 1.59 bits per heavy atom. The largest absolute Gasteiger partial charge is 0.379 e. The standard InChI is InChI=1S/C17H13F5N4O5S/c18-13-10(14(19)16(21)17(22)15(13)20)8-23-24-11-2-1-9(7-12(11)26(27)28)32(29,30)25-3-5-31-6-4-25/h1-2,7-8,24H,3-6H2/b23-8+. The van der Waals surface area contributed by atoms with Gasteiger partial charge in [-0.1, -0.05) is 0 Å². The number of hydrazone groups is 1. The van der Waals surface area contributed by atoms with Gasteiger partial charge in [0.05, 0.1) is 34.8 Å². The summed E-state index contributed by atoms with van der Waals surface area (Å²) in [7, 11) is -4.06. The molecule has 0 unspecified atom stereocenters. The van der Waals surface area contributed by atoms with Crippen LogP contribution in [0.2, 0.25) is 0 Å². The molecule has 15 heteroatoms. The smallest absolute Gasteiger partial charge is 0.295 e. The van der Waals surface area contributed by atoms with Crippen LogP contribution in [0.15, 0.2) is 28.2 Å². The molecule has 1 fully saturated rings. The van der Waals surface area contributed by atoms with Gasteiger partial charge in [0, 0.05) is 19.2 Å². The monoisotopic (exact) mass is 480 g/mol. The molecule has 2 aromatic rings. The molecule has 0 amide bonds. The maximum Gasteiger partial charge on any atom is 0.295 e. The van der Waals surface area contributed by atoms with Crippen LogP contribution < -0.4 is 5.43 Å². The van der Waals surface area contributed by atoms with Crippen molar-refractivity contribution in [3.63, 3.8) is 0 Å². The number of hydrogen-bond donors (Lipinski definition) is 1. The van der Waals surface area contributed by atoms with Crippen LogP contribution in [-0.2, 0) is 14.8 Å². The average Bonchev–Trinajstić information content (AvgIpc) is 2.79. The molecule has 0 spiro atoms. The number of rotatable bonds is 6. The number of halogens is 5. The van der Waals surface area contributed by atoms with E-state index in [0.29, 0.717) is 0 Å². The lowest BCUT2D eigenvalue weighted by Gasteiger charge is -2.26. The fourth-order valence-corrected chi connectivity index (χ4v) is 4.18. The van der Waals surface area contributed by atoms with Crippen LogP contribution in [0.1, 0.15) is 5.56 Å². The highest BCUT2D eigenvalue weighted by Gasteiger charge is 2.29. The number of ether oxygens (including phenoxy) is 1. The summed E-state index contributed by atoms with van der Waals surface area (Å²) < 4.78 is 98.3. The van der Waals surface area contributed by atoms with E-state index in [4.69, 9.17) is 4.74 Å². The summed E-state index contributed by atoms with van der Waals surface area (Å²) in [5.41, 5.74) is -0.484. The molecule has 0 saturated carbocycles. The molecule has 0 atom stereocenters. The Kier molecular flexibility index (Phi) is 6.71. The molecule has 9 nitrogen and oxygen atoms in total. The molecule has 1 aliphatic heterocycles. The minimum atomic E-state index is -4.06. The summed E-state index contributed by atoms with van der Waals surface area (Å²) >= 11 is 0. The third-order valence-electron chi connectivity index (χ3n) is 4.40. The zero-order valence-electron chi connectivity index (χ0n) is 15.8. The first-order chi connectivity index (χ1) is 15.1. The van der Waals surface area contributed by atoms with Gasteiger partial charge in [-0.3, -0.25) is 15.5 Å². The van der Waals surface area contributed by atoms with E-state index in [1.165, 1.54) is 0 Å². The van der Waals surface area contributed by atoms with Crippen LogP contribution in [-0.4, -0.2) is 50.2 Å². The van der Waals surface area contributed by atoms with Crippen molar-refractivity contribution in [3.8, 4) is 0 Å². The number of morpholine rings is 1. The Labute approximate surface area is 177 Å². The van der Waals surface area contributed by atoms with Gasteiger partial charge in [-0.2, -0.15) is 9.41 Å². The number of nitrogens with one attached hydrogen (secondary N) is 1. The third-order valence-corrected chi connectivity index (χ3v) is 6.29. The first-order valence-corrected chi connectivity index (χ1v) is 10.2. The first kappa shape index (κ1) is 23.5. The summed E-state index contributed by atoms with van der Waals surface area (Å²) in [6, 6.07) is 2.76. The highest BCUT2D eigenvalue weighted by Crippen LogP contribution is 2.29. The number of benzene rings is 2. The predicted molar refractivity (Wildman–Crippen MR) is 100 cm³/mol. The summed E-state index contributed by atoms with van der Waals surface area (Å²) in [6.07, 6.45) is 0.248. The van der Waals surface area contributed by atoms with Gasteiger partial charge >= 0.3 is 0 Å². The molecule has 2 aromatic carbocycles. The van der Waals surface area contributed by atoms with Crippen molar-refractivity contribution < 1.29 is 40.0 Å². The van der Waals surface area contributed by atoms with Crippen LogP contribution in [0, 0.1) is 39.2 Å². The second-order valence-electron chi connectivity index (χ2n) is 6.31. The molecule has 1 saturated heterocycles. The Hall–Kier alpha value is -3.17. The van der Waals surface area contributed by atoms with Gasteiger partial charge in [-0.05, 0) is 12.1 Å². The highest BCUT2D eigenvalue weighted by atomic mass is 32.2. The van der Waals surface area contributed by atoms with Crippen molar-refractivity contribution in [2.24, 2.45) is 5.10 Å². The number of nitro groups is 1. The van der Waals surface area contributed by atoms with Crippen molar-refractivity contribution >= 4 is 27.6 Å². The number of sulfonamides is 1. The van der Waals surface area contributed by atoms with E-state index in [-0.39, 0.29) is 37.4 Å². The zero-order valence-corrected chi connectivity index (χ0v) is 16.6. The van der Waals surface area contributed by atoms with Gasteiger partial charge in [-0.15, -0.1) is 0 Å². The fourth-order valence-electron chi connectivity index (χ4n) is 2.76. The highest BCUT2D eigenvalue weighted by molar-refractivity contribution is 7.89. The molecule has 1 N–H and O–H groups in total. The average molecular weight is 480 g/mol. The maximum atomic E-state index is 13.7. The van der Waals surface area contributed by atoms with Crippen LogP contribution in [0.4, 0.5) is 33.3 Å². The van der Waals surface area contributed by atoms with E-state index < -0.39 is 61.0 Å². The molecule has 32 heavy (non-hydrogen) atoms. The summed E-state index contributed by atoms with van der Waals surface area (Å²) in [4.78, 5) is 10.0. The maximum absolute atomic E-state index is 13.7. The lowest BCUT2D eigenvalue weighted by Crippen LogP contribution is -2.40. The molecule has 0 aliphatic carbocycles. The van der Waals surface area contributed by atoms with Gasteiger partial charge in [0.2, 0.25) is 15.8 Å². The molecule has 3 rings (SSSR count). The van der Waals surface area contributed by atoms with Gasteiger partial charge in [0.25, 0.3) is 5.69 Å². The molecule has 0 bridgehead atoms. The molecular weight excluding hydrogens is 467 g/mol. The van der Waals surface area contributed by atoms with Crippen LogP contribution in [0.5, 0.6) is 0 Å². The van der Waals surface area contributed by atoms with Gasteiger partial charge in [-0.25, -0.2) is 30.4 Å². The zero-order chi connectivity index (χ0) is 23.6. The van der Waals surface area contributed by atoms with Crippen molar-refractivity contribution in [1.29, 1.82) is 0 Å². The Morgan fingerprint density at radius 3 is 2.16 bits per heavy atom. The van der Waals surface area contributed by atoms with E-state index >= 15 is 0 Å². The van der Waals surface area contributed by atoms with E-state index in [1.807, 2.05) is 5.43 Å². The molecule has 0 aromatic heterocycles. The Morgan fingerprint density at radius 1 is 1.03 bits per heavy atom. The molecule has 0 radical (unpaired) electrons. The Balaban J connectivity index is 1.91. The number of nitrogens with zero attached hydrogens (tertiary/aromatic N) is 3. The molecule has 1 heterocycles. The summed E-state index contributed by atoms with van der Waals surface area (Å²) in [5, 5.41) is 14.6. The van der Waals surface area contributed by atoms with E-state index in [0.717, 1.165) is 22.5 Å². The normalized spacial score (nSPS) is 15.3. The minimum Gasteiger partial charge on any atom is -0.379 e. The Bertz CT molecular complexity index is 1170. The predicted octanol–water partition coefficient (Wildman–Crippen LogP) is 2.76. The topological polar surface area (TPSA) is 114 Å². The third kappa shape index (κ3) is 4.39. The number of nitro benzene ring substituents is 1. The molecular formula is C17H13F5N4O5S. The van der Waals surface area contributed by atoms with Crippen molar-refractivity contribution in [3.05, 3.63) is 63.0 Å². The molecule has 1 aliphatic rings. The fraction of sp³-hybridized carbons (Fsp3) is 0.235. The lowest BCUT2D eigenvalue weighted by atomic mass is 10.2. The van der Waals surface area contributed by atoms with E-state index in [1.54, 1.807) is 0 Å². The van der Waals surface area contributed by atoms with Gasteiger partial charge in [0.1, 0.15) is 5.69 Å². The second kappa shape index (κ2) is 9.13. The number of hydrogen-bond acceptors (Lipinski definition) is 7.